The summed E-state index contributed by atoms with van der Waals surface area (Å²) in [4.78, 5) is 14.6. The summed E-state index contributed by atoms with van der Waals surface area (Å²) < 4.78 is 26.1. The number of amides is 1. The molecular formula is C13H18N4O3S. The first-order valence-corrected chi connectivity index (χ1v) is 7.92. The molecule has 0 radical (unpaired) electrons. The minimum Gasteiger partial charge on any atom is -0.274 e. The molecule has 0 aliphatic rings. The van der Waals surface area contributed by atoms with Crippen molar-refractivity contribution in [2.45, 2.75) is 38.1 Å². The van der Waals surface area contributed by atoms with Crippen molar-refractivity contribution in [3.8, 4) is 0 Å². The molecule has 8 heteroatoms. The quantitative estimate of drug-likeness (QED) is 0.495. The van der Waals surface area contributed by atoms with Crippen molar-refractivity contribution < 1.29 is 13.2 Å². The van der Waals surface area contributed by atoms with Gasteiger partial charge in [0.1, 0.15) is 6.04 Å². The molecule has 21 heavy (non-hydrogen) atoms. The van der Waals surface area contributed by atoms with Gasteiger partial charge in [-0.25, -0.2) is 13.1 Å². The van der Waals surface area contributed by atoms with E-state index in [-0.39, 0.29) is 17.2 Å². The highest BCUT2D eigenvalue weighted by molar-refractivity contribution is 7.90. The van der Waals surface area contributed by atoms with Gasteiger partial charge in [-0.1, -0.05) is 36.7 Å². The van der Waals surface area contributed by atoms with Crippen LogP contribution in [0, 0.1) is 12.8 Å². The summed E-state index contributed by atoms with van der Waals surface area (Å²) in [5, 5.41) is 3.36. The molecule has 114 valence electrons. The van der Waals surface area contributed by atoms with Crippen LogP contribution in [0.4, 0.5) is 0 Å². The number of sulfonamides is 1. The van der Waals surface area contributed by atoms with E-state index in [0.717, 1.165) is 5.56 Å². The summed E-state index contributed by atoms with van der Waals surface area (Å²) in [6.07, 6.45) is 0.277. The normalized spacial score (nSPS) is 12.6. The molecule has 1 aromatic rings. The topological polar surface area (TPSA) is 112 Å². The van der Waals surface area contributed by atoms with Crippen LogP contribution in [-0.2, 0) is 14.8 Å². The highest BCUT2D eigenvalue weighted by Gasteiger charge is 2.24. The van der Waals surface area contributed by atoms with Gasteiger partial charge in [0.2, 0.25) is 5.91 Å². The van der Waals surface area contributed by atoms with E-state index in [9.17, 15) is 13.2 Å². The number of benzene rings is 1. The highest BCUT2D eigenvalue weighted by Crippen LogP contribution is 2.13. The molecule has 0 aliphatic carbocycles. The molecule has 0 unspecified atom stereocenters. The maximum absolute atomic E-state index is 12.1. The predicted octanol–water partition coefficient (Wildman–Crippen LogP) is 2.52. The van der Waals surface area contributed by atoms with Gasteiger partial charge in [-0.3, -0.25) is 4.79 Å². The molecule has 0 spiro atoms. The number of carbonyl (C=O) groups is 1. The smallest absolute Gasteiger partial charge is 0.264 e. The van der Waals surface area contributed by atoms with Crippen LogP contribution in [0.3, 0.4) is 0 Å². The zero-order valence-electron chi connectivity index (χ0n) is 12.1. The largest absolute Gasteiger partial charge is 0.274 e. The Morgan fingerprint density at radius 1 is 1.33 bits per heavy atom. The first-order valence-electron chi connectivity index (χ1n) is 6.44. The van der Waals surface area contributed by atoms with Gasteiger partial charge >= 0.3 is 0 Å². The molecule has 1 aromatic carbocycles. The fourth-order valence-corrected chi connectivity index (χ4v) is 2.71. The Kier molecular flexibility index (Phi) is 5.75. The molecule has 1 amide bonds. The number of rotatable bonds is 6. The summed E-state index contributed by atoms with van der Waals surface area (Å²) >= 11 is 0. The lowest BCUT2D eigenvalue weighted by Gasteiger charge is -2.14. The number of nitrogens with zero attached hydrogens (tertiary/aromatic N) is 3. The van der Waals surface area contributed by atoms with Gasteiger partial charge in [-0.05, 0) is 36.9 Å². The van der Waals surface area contributed by atoms with Crippen LogP contribution in [-0.4, -0.2) is 20.4 Å². The van der Waals surface area contributed by atoms with E-state index in [4.69, 9.17) is 5.53 Å². The second kappa shape index (κ2) is 7.10. The average Bonchev–Trinajstić information content (AvgIpc) is 2.37. The second-order valence-corrected chi connectivity index (χ2v) is 6.82. The van der Waals surface area contributed by atoms with Gasteiger partial charge < -0.3 is 0 Å². The van der Waals surface area contributed by atoms with Gasteiger partial charge in [-0.2, -0.15) is 0 Å². The zero-order chi connectivity index (χ0) is 16.0. The van der Waals surface area contributed by atoms with E-state index >= 15 is 0 Å². The maximum atomic E-state index is 12.1. The third-order valence-corrected chi connectivity index (χ3v) is 4.12. The first kappa shape index (κ1) is 17.0. The van der Waals surface area contributed by atoms with Gasteiger partial charge in [0, 0.05) is 4.91 Å². The molecule has 0 heterocycles. The highest BCUT2D eigenvalue weighted by atomic mass is 32.2. The lowest BCUT2D eigenvalue weighted by Crippen LogP contribution is -2.38. The van der Waals surface area contributed by atoms with Crippen LogP contribution in [0.15, 0.2) is 34.3 Å². The molecule has 1 rings (SSSR count). The van der Waals surface area contributed by atoms with Gasteiger partial charge in [0.05, 0.1) is 4.90 Å². The van der Waals surface area contributed by atoms with E-state index in [1.54, 1.807) is 12.1 Å². The fraction of sp³-hybridized carbons (Fsp3) is 0.462. The molecule has 1 atom stereocenters. The molecule has 0 aromatic heterocycles. The summed E-state index contributed by atoms with van der Waals surface area (Å²) in [5.74, 6) is -0.726. The summed E-state index contributed by atoms with van der Waals surface area (Å²) in [7, 11) is -3.96. The first-order chi connectivity index (χ1) is 9.76. The van der Waals surface area contributed by atoms with Crippen molar-refractivity contribution in [3.63, 3.8) is 0 Å². The minimum atomic E-state index is -3.96. The Morgan fingerprint density at radius 3 is 2.38 bits per heavy atom. The number of hydrogen-bond donors (Lipinski definition) is 1. The average molecular weight is 310 g/mol. The fourth-order valence-electron chi connectivity index (χ4n) is 1.69. The van der Waals surface area contributed by atoms with Crippen LogP contribution in [0.25, 0.3) is 10.4 Å². The van der Waals surface area contributed by atoms with E-state index in [1.165, 1.54) is 12.1 Å². The molecule has 7 nitrogen and oxygen atoms in total. The van der Waals surface area contributed by atoms with Crippen molar-refractivity contribution in [2.24, 2.45) is 11.0 Å². The van der Waals surface area contributed by atoms with Crippen molar-refractivity contribution in [1.82, 2.24) is 4.72 Å². The van der Waals surface area contributed by atoms with Crippen LogP contribution in [0.2, 0.25) is 0 Å². The number of hydrogen-bond acceptors (Lipinski definition) is 4. The van der Waals surface area contributed by atoms with E-state index in [0.29, 0.717) is 0 Å². The molecular weight excluding hydrogens is 292 g/mol. The molecule has 1 N–H and O–H groups in total. The Labute approximate surface area is 124 Å². The standard InChI is InChI=1S/C13H18N4O3S/c1-9(2)8-12(15-17-14)13(18)16-21(19,20)11-6-4-10(3)5-7-11/h4-7,9,12H,8H2,1-3H3,(H,16,18)/t12-/m0/s1. The van der Waals surface area contributed by atoms with Gasteiger partial charge in [0.25, 0.3) is 10.0 Å². The Bertz CT molecular complexity index is 646. The molecule has 0 saturated carbocycles. The number of azide groups is 1. The Balaban J connectivity index is 2.93. The summed E-state index contributed by atoms with van der Waals surface area (Å²) in [5.41, 5.74) is 9.38. The third-order valence-electron chi connectivity index (χ3n) is 2.75. The third kappa shape index (κ3) is 5.09. The SMILES string of the molecule is Cc1ccc(S(=O)(=O)NC(=O)[C@H](CC(C)C)N=[N+]=[N-])cc1. The van der Waals surface area contributed by atoms with Crippen molar-refractivity contribution in [3.05, 3.63) is 40.3 Å². The minimum absolute atomic E-state index is 0.00863. The zero-order valence-corrected chi connectivity index (χ0v) is 13.0. The number of aryl methyl sites for hydroxylation is 1. The molecule has 0 saturated heterocycles. The van der Waals surface area contributed by atoms with E-state index in [2.05, 4.69) is 10.0 Å². The number of carbonyl (C=O) groups excluding carboxylic acids is 1. The van der Waals surface area contributed by atoms with Gasteiger partial charge in [0.15, 0.2) is 0 Å². The summed E-state index contributed by atoms with van der Waals surface area (Å²) in [6.45, 7) is 5.53. The van der Waals surface area contributed by atoms with Crippen LogP contribution >= 0.6 is 0 Å². The lowest BCUT2D eigenvalue weighted by atomic mass is 10.0. The molecule has 0 aliphatic heterocycles. The van der Waals surface area contributed by atoms with Gasteiger partial charge in [-0.15, -0.1) is 0 Å². The van der Waals surface area contributed by atoms with Crippen LogP contribution < -0.4 is 4.72 Å². The van der Waals surface area contributed by atoms with E-state index < -0.39 is 22.0 Å². The summed E-state index contributed by atoms with van der Waals surface area (Å²) in [6, 6.07) is 5.05. The van der Waals surface area contributed by atoms with Crippen molar-refractivity contribution in [1.29, 1.82) is 0 Å². The van der Waals surface area contributed by atoms with Crippen LogP contribution in [0.1, 0.15) is 25.8 Å². The van der Waals surface area contributed by atoms with Crippen molar-refractivity contribution in [2.75, 3.05) is 0 Å². The monoisotopic (exact) mass is 310 g/mol. The van der Waals surface area contributed by atoms with E-state index in [1.807, 2.05) is 25.5 Å². The molecule has 0 bridgehead atoms. The number of nitrogens with one attached hydrogen (secondary N) is 1. The molecule has 0 fully saturated rings. The second-order valence-electron chi connectivity index (χ2n) is 5.13. The van der Waals surface area contributed by atoms with Crippen molar-refractivity contribution >= 4 is 15.9 Å². The van der Waals surface area contributed by atoms with Crippen LogP contribution in [0.5, 0.6) is 0 Å². The Hall–Kier alpha value is -2.05. The lowest BCUT2D eigenvalue weighted by molar-refractivity contribution is -0.120. The maximum Gasteiger partial charge on any atom is 0.264 e. The predicted molar refractivity (Wildman–Crippen MR) is 78.9 cm³/mol. The Morgan fingerprint density at radius 2 is 1.90 bits per heavy atom.